The second kappa shape index (κ2) is 7.12. The Balaban J connectivity index is 2.27. The van der Waals surface area contributed by atoms with Gasteiger partial charge < -0.3 is 5.11 Å². The lowest BCUT2D eigenvalue weighted by Crippen LogP contribution is -1.87. The molecule has 0 unspecified atom stereocenters. The maximum Gasteiger partial charge on any atom is 0.0897 e. The molecule has 0 bridgehead atoms. The number of nitrogens with zero attached hydrogens (tertiary/aromatic N) is 2. The lowest BCUT2D eigenvalue weighted by molar-refractivity contribution is 0.342. The van der Waals surface area contributed by atoms with Crippen molar-refractivity contribution in [2.24, 2.45) is 0 Å². The van der Waals surface area contributed by atoms with Crippen molar-refractivity contribution in [2.45, 2.75) is 6.92 Å². The summed E-state index contributed by atoms with van der Waals surface area (Å²) in [6.07, 6.45) is 9.23. The van der Waals surface area contributed by atoms with Crippen LogP contribution < -0.4 is 0 Å². The summed E-state index contributed by atoms with van der Waals surface area (Å²) in [6, 6.07) is 7.74. The lowest BCUT2D eigenvalue weighted by Gasteiger charge is -2.02. The first-order chi connectivity index (χ1) is 9.69. The monoisotopic (exact) mass is 330 g/mol. The molecule has 0 radical (unpaired) electrons. The highest BCUT2D eigenvalue weighted by Gasteiger charge is 2.01. The fraction of sp³-hybridized carbons (Fsp3) is 0.125. The van der Waals surface area contributed by atoms with Crippen LogP contribution in [0.5, 0.6) is 0 Å². The van der Waals surface area contributed by atoms with Gasteiger partial charge in [-0.3, -0.25) is 9.97 Å². The summed E-state index contributed by atoms with van der Waals surface area (Å²) in [6.45, 7) is 2.00. The molecule has 2 rings (SSSR count). The second-order valence-electron chi connectivity index (χ2n) is 4.30. The topological polar surface area (TPSA) is 46.0 Å². The third kappa shape index (κ3) is 4.11. The molecule has 2 heterocycles. The minimum atomic E-state index is 0.0553. The number of allylic oxidation sites excluding steroid dienone is 2. The predicted octanol–water partition coefficient (Wildman–Crippen LogP) is 3.86. The Morgan fingerprint density at radius 3 is 2.60 bits per heavy atom. The van der Waals surface area contributed by atoms with Gasteiger partial charge in [0.1, 0.15) is 0 Å². The summed E-state index contributed by atoms with van der Waals surface area (Å²) in [7, 11) is 0. The predicted molar refractivity (Wildman–Crippen MR) is 85.0 cm³/mol. The van der Waals surface area contributed by atoms with Gasteiger partial charge in [0, 0.05) is 16.9 Å². The number of aliphatic hydroxyl groups is 1. The van der Waals surface area contributed by atoms with E-state index in [4.69, 9.17) is 5.11 Å². The van der Waals surface area contributed by atoms with Gasteiger partial charge in [-0.2, -0.15) is 0 Å². The van der Waals surface area contributed by atoms with Crippen molar-refractivity contribution in [1.82, 2.24) is 9.97 Å². The van der Waals surface area contributed by atoms with Crippen molar-refractivity contribution in [3.8, 4) is 11.4 Å². The highest BCUT2D eigenvalue weighted by Crippen LogP contribution is 2.20. The number of aromatic nitrogens is 2. The van der Waals surface area contributed by atoms with E-state index in [1.54, 1.807) is 18.5 Å². The fourth-order valence-electron chi connectivity index (χ4n) is 1.68. The normalized spacial score (nSPS) is 12.1. The fourth-order valence-corrected chi connectivity index (χ4v) is 2.01. The highest BCUT2D eigenvalue weighted by molar-refractivity contribution is 9.10. The third-order valence-electron chi connectivity index (χ3n) is 2.72. The number of aliphatic hydroxyl groups excluding tert-OH is 1. The van der Waals surface area contributed by atoms with Crippen molar-refractivity contribution in [1.29, 1.82) is 0 Å². The number of hydrogen-bond donors (Lipinski definition) is 1. The quantitative estimate of drug-likeness (QED) is 0.866. The van der Waals surface area contributed by atoms with E-state index >= 15 is 0 Å². The van der Waals surface area contributed by atoms with E-state index in [0.29, 0.717) is 0 Å². The molecule has 0 amide bonds. The molecule has 4 heteroatoms. The molecule has 0 fully saturated rings. The summed E-state index contributed by atoms with van der Waals surface area (Å²) in [5, 5.41) is 8.82. The molecule has 0 aliphatic carbocycles. The van der Waals surface area contributed by atoms with Gasteiger partial charge in [-0.1, -0.05) is 39.7 Å². The van der Waals surface area contributed by atoms with Crippen LogP contribution in [-0.2, 0) is 0 Å². The summed E-state index contributed by atoms with van der Waals surface area (Å²) < 4.78 is 0.979. The highest BCUT2D eigenvalue weighted by atomic mass is 79.9. The van der Waals surface area contributed by atoms with Gasteiger partial charge in [0.15, 0.2) is 0 Å². The minimum Gasteiger partial charge on any atom is -0.392 e. The van der Waals surface area contributed by atoms with Crippen molar-refractivity contribution < 1.29 is 5.11 Å². The number of halogens is 1. The summed E-state index contributed by atoms with van der Waals surface area (Å²) in [5.74, 6) is 0. The average molecular weight is 331 g/mol. The Hall–Kier alpha value is -1.78. The first kappa shape index (κ1) is 14.6. The standard InChI is InChI=1S/C16H15BrN2O/c1-12(6-9-20)2-3-13-4-7-18-15(10-13)16-11-14(17)5-8-19-16/h2-8,10-11,20H,9H2,1H3/b3-2+,12-6+. The number of pyridine rings is 2. The molecule has 0 saturated carbocycles. The van der Waals surface area contributed by atoms with E-state index in [9.17, 15) is 0 Å². The first-order valence-electron chi connectivity index (χ1n) is 6.23. The molecule has 0 atom stereocenters. The molecule has 2 aromatic rings. The van der Waals surface area contributed by atoms with Gasteiger partial charge in [-0.25, -0.2) is 0 Å². The molecule has 0 saturated heterocycles. The lowest BCUT2D eigenvalue weighted by atomic mass is 10.1. The van der Waals surface area contributed by atoms with Gasteiger partial charge >= 0.3 is 0 Å². The van der Waals surface area contributed by atoms with Gasteiger partial charge in [0.2, 0.25) is 0 Å². The zero-order valence-electron chi connectivity index (χ0n) is 11.1. The molecule has 0 aromatic carbocycles. The van der Waals surface area contributed by atoms with E-state index in [1.165, 1.54) is 0 Å². The smallest absolute Gasteiger partial charge is 0.0897 e. The Morgan fingerprint density at radius 2 is 1.90 bits per heavy atom. The maximum absolute atomic E-state index is 8.82. The van der Waals surface area contributed by atoms with Crippen LogP contribution in [0.25, 0.3) is 17.5 Å². The van der Waals surface area contributed by atoms with Crippen LogP contribution in [0.3, 0.4) is 0 Å². The molecule has 0 aliphatic rings. The Morgan fingerprint density at radius 1 is 1.20 bits per heavy atom. The molecule has 3 nitrogen and oxygen atoms in total. The molecular formula is C16H15BrN2O. The summed E-state index contributed by atoms with van der Waals surface area (Å²) >= 11 is 3.43. The van der Waals surface area contributed by atoms with Crippen molar-refractivity contribution in [3.63, 3.8) is 0 Å². The van der Waals surface area contributed by atoms with Crippen molar-refractivity contribution >= 4 is 22.0 Å². The summed E-state index contributed by atoms with van der Waals surface area (Å²) in [4.78, 5) is 8.66. The van der Waals surface area contributed by atoms with Crippen LogP contribution in [0.2, 0.25) is 0 Å². The van der Waals surface area contributed by atoms with Crippen LogP contribution in [0.1, 0.15) is 12.5 Å². The van der Waals surface area contributed by atoms with Gasteiger partial charge in [0.25, 0.3) is 0 Å². The van der Waals surface area contributed by atoms with Crippen LogP contribution in [-0.4, -0.2) is 21.7 Å². The average Bonchev–Trinajstić information content (AvgIpc) is 2.46. The van der Waals surface area contributed by atoms with E-state index in [-0.39, 0.29) is 6.61 Å². The van der Waals surface area contributed by atoms with Crippen molar-refractivity contribution in [2.75, 3.05) is 6.61 Å². The zero-order chi connectivity index (χ0) is 14.4. The summed E-state index contributed by atoms with van der Waals surface area (Å²) in [5.41, 5.74) is 3.73. The number of hydrogen-bond acceptors (Lipinski definition) is 3. The molecule has 2 aromatic heterocycles. The molecular weight excluding hydrogens is 316 g/mol. The van der Waals surface area contributed by atoms with E-state index < -0.39 is 0 Å². The molecule has 1 N–H and O–H groups in total. The molecule has 0 aliphatic heterocycles. The van der Waals surface area contributed by atoms with Gasteiger partial charge in [0.05, 0.1) is 18.0 Å². The molecule has 102 valence electrons. The molecule has 0 spiro atoms. The second-order valence-corrected chi connectivity index (χ2v) is 5.21. The van der Waals surface area contributed by atoms with Crippen molar-refractivity contribution in [3.05, 3.63) is 64.4 Å². The van der Waals surface area contributed by atoms with E-state index in [2.05, 4.69) is 25.9 Å². The minimum absolute atomic E-state index is 0.0553. The van der Waals surface area contributed by atoms with Crippen LogP contribution in [0.4, 0.5) is 0 Å². The third-order valence-corrected chi connectivity index (χ3v) is 3.21. The van der Waals surface area contributed by atoms with E-state index in [0.717, 1.165) is 27.0 Å². The Bertz CT molecular complexity index is 650. The SMILES string of the molecule is CC(/C=C/c1ccnc(-c2cc(Br)ccn2)c1)=C\CO. The number of rotatable bonds is 4. The van der Waals surface area contributed by atoms with Crippen LogP contribution in [0.15, 0.2) is 58.9 Å². The van der Waals surface area contributed by atoms with Crippen LogP contribution >= 0.6 is 15.9 Å². The Labute approximate surface area is 126 Å². The van der Waals surface area contributed by atoms with Gasteiger partial charge in [-0.05, 0) is 36.8 Å². The Kier molecular flexibility index (Phi) is 5.21. The van der Waals surface area contributed by atoms with Gasteiger partial charge in [-0.15, -0.1) is 0 Å². The maximum atomic E-state index is 8.82. The molecule has 20 heavy (non-hydrogen) atoms. The van der Waals surface area contributed by atoms with Crippen LogP contribution in [0, 0.1) is 0 Å². The first-order valence-corrected chi connectivity index (χ1v) is 7.02. The van der Waals surface area contributed by atoms with E-state index in [1.807, 2.05) is 43.3 Å². The zero-order valence-corrected chi connectivity index (χ0v) is 12.7. The largest absolute Gasteiger partial charge is 0.392 e.